The van der Waals surface area contributed by atoms with Crippen LogP contribution in [0.5, 0.6) is 0 Å². The molecule has 14 heavy (non-hydrogen) atoms. The summed E-state index contributed by atoms with van der Waals surface area (Å²) in [6.07, 6.45) is -0.241. The summed E-state index contributed by atoms with van der Waals surface area (Å²) in [5, 5.41) is 0. The van der Waals surface area contributed by atoms with E-state index in [0.29, 0.717) is 19.7 Å². The highest BCUT2D eigenvalue weighted by molar-refractivity contribution is 5.69. The van der Waals surface area contributed by atoms with Gasteiger partial charge in [-0.15, -0.1) is 0 Å². The Kier molecular flexibility index (Phi) is 3.34. The Labute approximate surface area is 84.5 Å². The smallest absolute Gasteiger partial charge is 0.409 e. The predicted octanol–water partition coefficient (Wildman–Crippen LogP) is 0.317. The quantitative estimate of drug-likeness (QED) is 0.509. The standard InChI is InChI=1S/C9H19N3O2/c1-9(2,3)7(11-10)6-12-4-5-14-8(12)13/h7,11H,4-6,10H2,1-3H3/t7-/m1/s1. The summed E-state index contributed by atoms with van der Waals surface area (Å²) < 4.78 is 4.84. The molecule has 82 valence electrons. The highest BCUT2D eigenvalue weighted by Crippen LogP contribution is 2.20. The zero-order chi connectivity index (χ0) is 10.8. The second-order valence-corrected chi connectivity index (χ2v) is 4.65. The monoisotopic (exact) mass is 201 g/mol. The molecule has 3 N–H and O–H groups in total. The molecule has 1 heterocycles. The summed E-state index contributed by atoms with van der Waals surface area (Å²) in [5.74, 6) is 5.45. The molecule has 0 aromatic heterocycles. The van der Waals surface area contributed by atoms with E-state index in [2.05, 4.69) is 26.2 Å². The molecule has 0 aliphatic carbocycles. The third-order valence-electron chi connectivity index (χ3n) is 2.49. The first kappa shape index (κ1) is 11.3. The van der Waals surface area contributed by atoms with E-state index in [-0.39, 0.29) is 17.6 Å². The first-order valence-corrected chi connectivity index (χ1v) is 4.83. The fraction of sp³-hybridized carbons (Fsp3) is 0.889. The predicted molar refractivity (Wildman–Crippen MR) is 53.5 cm³/mol. The van der Waals surface area contributed by atoms with Gasteiger partial charge in [-0.1, -0.05) is 20.8 Å². The third-order valence-corrected chi connectivity index (χ3v) is 2.49. The number of cyclic esters (lactones) is 1. The van der Waals surface area contributed by atoms with Crippen LogP contribution < -0.4 is 11.3 Å². The van der Waals surface area contributed by atoms with Crippen molar-refractivity contribution >= 4 is 6.09 Å². The summed E-state index contributed by atoms with van der Waals surface area (Å²) >= 11 is 0. The summed E-state index contributed by atoms with van der Waals surface area (Å²) in [6.45, 7) is 7.99. The maximum Gasteiger partial charge on any atom is 0.409 e. The molecule has 1 aliphatic rings. The molecule has 0 spiro atoms. The van der Waals surface area contributed by atoms with E-state index in [0.717, 1.165) is 0 Å². The Hall–Kier alpha value is -0.810. The zero-order valence-electron chi connectivity index (χ0n) is 9.04. The Morgan fingerprint density at radius 2 is 2.29 bits per heavy atom. The number of amides is 1. The highest BCUT2D eigenvalue weighted by atomic mass is 16.6. The van der Waals surface area contributed by atoms with Gasteiger partial charge in [0.2, 0.25) is 0 Å². The Balaban J connectivity index is 2.52. The summed E-state index contributed by atoms with van der Waals surface area (Å²) in [7, 11) is 0. The van der Waals surface area contributed by atoms with E-state index in [4.69, 9.17) is 10.6 Å². The largest absolute Gasteiger partial charge is 0.448 e. The van der Waals surface area contributed by atoms with E-state index in [1.54, 1.807) is 4.90 Å². The maximum atomic E-state index is 11.2. The summed E-state index contributed by atoms with van der Waals surface area (Å²) in [4.78, 5) is 12.9. The lowest BCUT2D eigenvalue weighted by Gasteiger charge is -2.32. The van der Waals surface area contributed by atoms with Crippen molar-refractivity contribution < 1.29 is 9.53 Å². The molecule has 1 atom stereocenters. The van der Waals surface area contributed by atoms with Crippen molar-refractivity contribution in [2.45, 2.75) is 26.8 Å². The minimum Gasteiger partial charge on any atom is -0.448 e. The molecular formula is C9H19N3O2. The number of carbonyl (C=O) groups is 1. The SMILES string of the molecule is CC(C)(C)[C@@H](CN1CCOC1=O)NN. The first-order valence-electron chi connectivity index (χ1n) is 4.83. The van der Waals surface area contributed by atoms with E-state index in [1.165, 1.54) is 0 Å². The number of hydrogen-bond acceptors (Lipinski definition) is 4. The van der Waals surface area contributed by atoms with Crippen LogP contribution in [-0.2, 0) is 4.74 Å². The minimum atomic E-state index is -0.241. The van der Waals surface area contributed by atoms with Gasteiger partial charge in [0.15, 0.2) is 0 Å². The molecule has 0 radical (unpaired) electrons. The molecular weight excluding hydrogens is 182 g/mol. The lowest BCUT2D eigenvalue weighted by atomic mass is 9.87. The molecule has 0 aromatic rings. The third kappa shape index (κ3) is 2.59. The summed E-state index contributed by atoms with van der Waals surface area (Å²) in [5.41, 5.74) is 2.77. The van der Waals surface area contributed by atoms with Crippen molar-refractivity contribution in [2.75, 3.05) is 19.7 Å². The van der Waals surface area contributed by atoms with Gasteiger partial charge >= 0.3 is 6.09 Å². The molecule has 0 aromatic carbocycles. The van der Waals surface area contributed by atoms with Gasteiger partial charge in [0, 0.05) is 12.6 Å². The number of rotatable bonds is 3. The zero-order valence-corrected chi connectivity index (χ0v) is 9.04. The highest BCUT2D eigenvalue weighted by Gasteiger charge is 2.30. The number of hydrogen-bond donors (Lipinski definition) is 2. The molecule has 0 unspecified atom stereocenters. The number of hydrazine groups is 1. The van der Waals surface area contributed by atoms with Gasteiger partial charge in [-0.25, -0.2) is 4.79 Å². The molecule has 5 nitrogen and oxygen atoms in total. The average Bonchev–Trinajstić information content (AvgIpc) is 2.45. The van der Waals surface area contributed by atoms with Crippen molar-refractivity contribution in [1.29, 1.82) is 0 Å². The molecule has 0 bridgehead atoms. The molecule has 5 heteroatoms. The van der Waals surface area contributed by atoms with Crippen LogP contribution in [-0.4, -0.2) is 36.7 Å². The van der Waals surface area contributed by atoms with Crippen LogP contribution in [0.15, 0.2) is 0 Å². The van der Waals surface area contributed by atoms with E-state index in [9.17, 15) is 4.79 Å². The normalized spacial score (nSPS) is 19.7. The lowest BCUT2D eigenvalue weighted by molar-refractivity contribution is 0.146. The molecule has 1 fully saturated rings. The number of nitrogens with zero attached hydrogens (tertiary/aromatic N) is 1. The minimum absolute atomic E-state index is 0.0254. The van der Waals surface area contributed by atoms with Crippen molar-refractivity contribution in [1.82, 2.24) is 10.3 Å². The second kappa shape index (κ2) is 4.14. The van der Waals surface area contributed by atoms with Crippen molar-refractivity contribution in [3.05, 3.63) is 0 Å². The van der Waals surface area contributed by atoms with Gasteiger partial charge in [-0.05, 0) is 5.41 Å². The maximum absolute atomic E-state index is 11.2. The Morgan fingerprint density at radius 3 is 2.64 bits per heavy atom. The van der Waals surface area contributed by atoms with Gasteiger partial charge in [-0.2, -0.15) is 0 Å². The number of nitrogens with two attached hydrogens (primary N) is 1. The van der Waals surface area contributed by atoms with Crippen molar-refractivity contribution in [3.8, 4) is 0 Å². The fourth-order valence-electron chi connectivity index (χ4n) is 1.39. The summed E-state index contributed by atoms with van der Waals surface area (Å²) in [6, 6.07) is 0.0770. The first-order chi connectivity index (χ1) is 6.45. The van der Waals surface area contributed by atoms with Gasteiger partial charge in [0.25, 0.3) is 0 Å². The molecule has 1 rings (SSSR count). The number of carbonyl (C=O) groups excluding carboxylic acids is 1. The lowest BCUT2D eigenvalue weighted by Crippen LogP contribution is -2.51. The van der Waals surface area contributed by atoms with Gasteiger partial charge in [0.05, 0.1) is 6.54 Å². The number of nitrogens with one attached hydrogen (secondary N) is 1. The molecule has 1 amide bonds. The molecule has 1 saturated heterocycles. The fourth-order valence-corrected chi connectivity index (χ4v) is 1.39. The Morgan fingerprint density at radius 1 is 1.64 bits per heavy atom. The average molecular weight is 201 g/mol. The van der Waals surface area contributed by atoms with Crippen LogP contribution in [0.1, 0.15) is 20.8 Å². The van der Waals surface area contributed by atoms with Crippen LogP contribution in [0.25, 0.3) is 0 Å². The second-order valence-electron chi connectivity index (χ2n) is 4.65. The Bertz CT molecular complexity index is 213. The van der Waals surface area contributed by atoms with Crippen LogP contribution in [0.3, 0.4) is 0 Å². The number of ether oxygens (including phenoxy) is 1. The molecule has 0 saturated carbocycles. The molecule has 1 aliphatic heterocycles. The van der Waals surface area contributed by atoms with Crippen molar-refractivity contribution in [3.63, 3.8) is 0 Å². The van der Waals surface area contributed by atoms with Crippen LogP contribution in [0, 0.1) is 5.41 Å². The van der Waals surface area contributed by atoms with E-state index < -0.39 is 0 Å². The van der Waals surface area contributed by atoms with Crippen LogP contribution in [0.2, 0.25) is 0 Å². The van der Waals surface area contributed by atoms with E-state index in [1.807, 2.05) is 0 Å². The van der Waals surface area contributed by atoms with Gasteiger partial charge in [-0.3, -0.25) is 11.3 Å². The van der Waals surface area contributed by atoms with Crippen molar-refractivity contribution in [2.24, 2.45) is 11.3 Å². The van der Waals surface area contributed by atoms with E-state index >= 15 is 0 Å². The van der Waals surface area contributed by atoms with Gasteiger partial charge in [0.1, 0.15) is 6.61 Å². The van der Waals surface area contributed by atoms with Crippen LogP contribution in [0.4, 0.5) is 4.79 Å². The van der Waals surface area contributed by atoms with Crippen LogP contribution >= 0.6 is 0 Å². The van der Waals surface area contributed by atoms with Gasteiger partial charge < -0.3 is 9.64 Å². The topological polar surface area (TPSA) is 67.6 Å².